The smallest absolute Gasteiger partial charge is 0.242 e. The van der Waals surface area contributed by atoms with Gasteiger partial charge in [-0.25, -0.2) is 4.99 Å². The van der Waals surface area contributed by atoms with Gasteiger partial charge in [-0.2, -0.15) is 0 Å². The third-order valence-corrected chi connectivity index (χ3v) is 4.22. The summed E-state index contributed by atoms with van der Waals surface area (Å²) in [6.07, 6.45) is 3.91. The first-order chi connectivity index (χ1) is 11.2. The van der Waals surface area contributed by atoms with Crippen LogP contribution in [0.5, 0.6) is 0 Å². The fraction of sp³-hybridized carbons (Fsp3) is 0.889. The maximum atomic E-state index is 11.9. The lowest BCUT2D eigenvalue weighted by Crippen LogP contribution is -2.50. The Labute approximate surface area is 171 Å². The molecule has 0 bridgehead atoms. The molecule has 0 aromatic heterocycles. The minimum absolute atomic E-state index is 0. The van der Waals surface area contributed by atoms with E-state index in [0.717, 1.165) is 13.1 Å². The Kier molecular flexibility index (Phi) is 11.7. The van der Waals surface area contributed by atoms with Crippen molar-refractivity contribution < 1.29 is 4.79 Å². The Morgan fingerprint density at radius 2 is 1.96 bits per heavy atom. The SMILES string of the molecule is CCNC(=NCC(=O)NC(C)(C)C)NCC(C)N1CCCCC1C.I. The van der Waals surface area contributed by atoms with Gasteiger partial charge in [-0.05, 0) is 60.9 Å². The van der Waals surface area contributed by atoms with E-state index < -0.39 is 0 Å². The van der Waals surface area contributed by atoms with E-state index in [1.807, 2.05) is 27.7 Å². The Bertz CT molecular complexity index is 422. The van der Waals surface area contributed by atoms with Crippen molar-refractivity contribution in [1.82, 2.24) is 20.9 Å². The number of amides is 1. The number of hydrogen-bond donors (Lipinski definition) is 3. The number of aliphatic imine (C=N–C) groups is 1. The van der Waals surface area contributed by atoms with Gasteiger partial charge < -0.3 is 16.0 Å². The van der Waals surface area contributed by atoms with Crippen molar-refractivity contribution >= 4 is 35.8 Å². The van der Waals surface area contributed by atoms with E-state index in [1.54, 1.807) is 0 Å². The molecule has 0 spiro atoms. The van der Waals surface area contributed by atoms with Crippen LogP contribution in [0.1, 0.15) is 60.8 Å². The number of likely N-dealkylation sites (tertiary alicyclic amines) is 1. The van der Waals surface area contributed by atoms with E-state index in [9.17, 15) is 4.79 Å². The van der Waals surface area contributed by atoms with E-state index in [0.29, 0.717) is 18.0 Å². The van der Waals surface area contributed by atoms with Gasteiger partial charge in [0.1, 0.15) is 6.54 Å². The predicted octanol–water partition coefficient (Wildman–Crippen LogP) is 2.34. The maximum absolute atomic E-state index is 11.9. The summed E-state index contributed by atoms with van der Waals surface area (Å²) >= 11 is 0. The van der Waals surface area contributed by atoms with Crippen LogP contribution in [0.25, 0.3) is 0 Å². The molecule has 0 aliphatic carbocycles. The standard InChI is InChI=1S/C18H37N5O.HI/c1-7-19-17(21-13-16(24)22-18(4,5)6)20-12-15(3)23-11-9-8-10-14(23)2;/h14-15H,7-13H2,1-6H3,(H,22,24)(H2,19,20,21);1H. The molecular formula is C18H38IN5O. The van der Waals surface area contributed by atoms with Crippen LogP contribution in [0.4, 0.5) is 0 Å². The average molecular weight is 467 g/mol. The molecule has 1 fully saturated rings. The summed E-state index contributed by atoms with van der Waals surface area (Å²) in [5.74, 6) is 0.649. The van der Waals surface area contributed by atoms with Crippen molar-refractivity contribution in [3.05, 3.63) is 0 Å². The first-order valence-electron chi connectivity index (χ1n) is 9.32. The lowest BCUT2D eigenvalue weighted by Gasteiger charge is -2.38. The molecular weight excluding hydrogens is 429 g/mol. The normalized spacial score (nSPS) is 20.4. The molecule has 1 aliphatic rings. The summed E-state index contributed by atoms with van der Waals surface area (Å²) in [5, 5.41) is 9.51. The summed E-state index contributed by atoms with van der Waals surface area (Å²) in [4.78, 5) is 18.9. The number of hydrogen-bond acceptors (Lipinski definition) is 3. The Morgan fingerprint density at radius 1 is 1.28 bits per heavy atom. The predicted molar refractivity (Wildman–Crippen MR) is 117 cm³/mol. The van der Waals surface area contributed by atoms with Crippen molar-refractivity contribution in [1.29, 1.82) is 0 Å². The summed E-state index contributed by atoms with van der Waals surface area (Å²) in [6, 6.07) is 1.10. The molecule has 0 saturated carbocycles. The van der Waals surface area contributed by atoms with Gasteiger partial charge in [-0.1, -0.05) is 6.42 Å². The third kappa shape index (κ3) is 10.2. The van der Waals surface area contributed by atoms with Gasteiger partial charge in [-0.15, -0.1) is 24.0 Å². The van der Waals surface area contributed by atoms with Crippen molar-refractivity contribution in [2.24, 2.45) is 4.99 Å². The molecule has 2 unspecified atom stereocenters. The molecule has 3 N–H and O–H groups in total. The zero-order valence-electron chi connectivity index (χ0n) is 16.8. The topological polar surface area (TPSA) is 68.8 Å². The number of halogens is 1. The second kappa shape index (κ2) is 11.9. The van der Waals surface area contributed by atoms with Gasteiger partial charge in [0, 0.05) is 30.7 Å². The number of carbonyl (C=O) groups excluding carboxylic acids is 1. The van der Waals surface area contributed by atoms with E-state index in [1.165, 1.54) is 25.8 Å². The molecule has 1 heterocycles. The van der Waals surface area contributed by atoms with Crippen LogP contribution in [0.15, 0.2) is 4.99 Å². The number of piperidine rings is 1. The highest BCUT2D eigenvalue weighted by atomic mass is 127. The Balaban J connectivity index is 0.00000576. The molecule has 6 nitrogen and oxygen atoms in total. The summed E-state index contributed by atoms with van der Waals surface area (Å²) < 4.78 is 0. The zero-order chi connectivity index (χ0) is 18.2. The number of carbonyl (C=O) groups is 1. The van der Waals surface area contributed by atoms with E-state index in [2.05, 4.69) is 39.7 Å². The molecule has 2 atom stereocenters. The monoisotopic (exact) mass is 467 g/mol. The number of rotatable bonds is 6. The van der Waals surface area contributed by atoms with E-state index in [4.69, 9.17) is 0 Å². The van der Waals surface area contributed by atoms with Crippen LogP contribution in [0.2, 0.25) is 0 Å². The zero-order valence-corrected chi connectivity index (χ0v) is 19.1. The first kappa shape index (κ1) is 24.4. The largest absolute Gasteiger partial charge is 0.357 e. The molecule has 148 valence electrons. The van der Waals surface area contributed by atoms with Crippen LogP contribution in [-0.2, 0) is 4.79 Å². The van der Waals surface area contributed by atoms with E-state index in [-0.39, 0.29) is 42.0 Å². The van der Waals surface area contributed by atoms with Gasteiger partial charge in [0.15, 0.2) is 5.96 Å². The molecule has 7 heteroatoms. The molecule has 0 aromatic carbocycles. The highest BCUT2D eigenvalue weighted by molar-refractivity contribution is 14.0. The fourth-order valence-electron chi connectivity index (χ4n) is 3.09. The lowest BCUT2D eigenvalue weighted by atomic mass is 10.0. The molecule has 25 heavy (non-hydrogen) atoms. The van der Waals surface area contributed by atoms with Crippen molar-refractivity contribution in [2.45, 2.75) is 78.4 Å². The highest BCUT2D eigenvalue weighted by Gasteiger charge is 2.23. The average Bonchev–Trinajstić information content (AvgIpc) is 2.48. The third-order valence-electron chi connectivity index (χ3n) is 4.22. The van der Waals surface area contributed by atoms with Crippen molar-refractivity contribution in [2.75, 3.05) is 26.2 Å². The summed E-state index contributed by atoms with van der Waals surface area (Å²) in [6.45, 7) is 15.4. The maximum Gasteiger partial charge on any atom is 0.242 e. The Hall–Kier alpha value is -0.570. The minimum Gasteiger partial charge on any atom is -0.357 e. The molecule has 1 amide bonds. The van der Waals surface area contributed by atoms with Crippen molar-refractivity contribution in [3.8, 4) is 0 Å². The second-order valence-electron chi connectivity index (χ2n) is 7.81. The first-order valence-corrected chi connectivity index (χ1v) is 9.32. The van der Waals surface area contributed by atoms with Crippen LogP contribution >= 0.6 is 24.0 Å². The van der Waals surface area contributed by atoms with Gasteiger partial charge in [0.2, 0.25) is 5.91 Å². The molecule has 0 radical (unpaired) electrons. The van der Waals surface area contributed by atoms with Gasteiger partial charge in [0.05, 0.1) is 0 Å². The van der Waals surface area contributed by atoms with Crippen LogP contribution in [0.3, 0.4) is 0 Å². The molecule has 1 aliphatic heterocycles. The van der Waals surface area contributed by atoms with Gasteiger partial charge in [0.25, 0.3) is 0 Å². The second-order valence-corrected chi connectivity index (χ2v) is 7.81. The van der Waals surface area contributed by atoms with Crippen LogP contribution in [-0.4, -0.2) is 60.6 Å². The van der Waals surface area contributed by atoms with Gasteiger partial charge >= 0.3 is 0 Å². The van der Waals surface area contributed by atoms with E-state index >= 15 is 0 Å². The fourth-order valence-corrected chi connectivity index (χ4v) is 3.09. The minimum atomic E-state index is -0.225. The number of guanidine groups is 1. The van der Waals surface area contributed by atoms with Gasteiger partial charge in [-0.3, -0.25) is 9.69 Å². The van der Waals surface area contributed by atoms with Crippen LogP contribution < -0.4 is 16.0 Å². The summed E-state index contributed by atoms with van der Waals surface area (Å²) in [5.41, 5.74) is -0.225. The Morgan fingerprint density at radius 3 is 2.52 bits per heavy atom. The van der Waals surface area contributed by atoms with Crippen molar-refractivity contribution in [3.63, 3.8) is 0 Å². The number of nitrogens with one attached hydrogen (secondary N) is 3. The molecule has 1 saturated heterocycles. The lowest BCUT2D eigenvalue weighted by molar-refractivity contribution is -0.121. The number of nitrogens with zero attached hydrogens (tertiary/aromatic N) is 2. The van der Waals surface area contributed by atoms with Crippen LogP contribution in [0, 0.1) is 0 Å². The highest BCUT2D eigenvalue weighted by Crippen LogP contribution is 2.18. The summed E-state index contributed by atoms with van der Waals surface area (Å²) in [7, 11) is 0. The quantitative estimate of drug-likeness (QED) is 0.319. The molecule has 1 rings (SSSR count). The molecule has 0 aromatic rings.